The van der Waals surface area contributed by atoms with Gasteiger partial charge in [-0.2, -0.15) is 0 Å². The molecule has 2 N–H and O–H groups in total. The van der Waals surface area contributed by atoms with Crippen molar-refractivity contribution < 1.29 is 19.1 Å². The monoisotopic (exact) mass is 388 g/mol. The van der Waals surface area contributed by atoms with Crippen LogP contribution < -0.4 is 10.6 Å². The van der Waals surface area contributed by atoms with E-state index in [0.29, 0.717) is 5.56 Å². The predicted octanol–water partition coefficient (Wildman–Crippen LogP) is 1.50. The number of hydrogen-bond donors (Lipinski definition) is 2. The zero-order chi connectivity index (χ0) is 21.1. The second-order valence-corrected chi connectivity index (χ2v) is 5.93. The Labute approximate surface area is 169 Å². The summed E-state index contributed by atoms with van der Waals surface area (Å²) in [5, 5.41) is 4.95. The molecule has 29 heavy (non-hydrogen) atoms. The molecule has 2 aromatic rings. The zero-order valence-corrected chi connectivity index (χ0v) is 15.9. The Morgan fingerprint density at radius 1 is 1.00 bits per heavy atom. The molecule has 0 radical (unpaired) electrons. The summed E-state index contributed by atoms with van der Waals surface area (Å²) in [6.45, 7) is 0.0339. The summed E-state index contributed by atoms with van der Waals surface area (Å²) in [6, 6.07) is 15.0. The molecular formula is C23H20N2O4. The van der Waals surface area contributed by atoms with Gasteiger partial charge >= 0.3 is 5.97 Å². The van der Waals surface area contributed by atoms with Crippen LogP contribution in [0.2, 0.25) is 0 Å². The second kappa shape index (κ2) is 11.0. The van der Waals surface area contributed by atoms with Gasteiger partial charge in [-0.05, 0) is 36.4 Å². The van der Waals surface area contributed by atoms with Gasteiger partial charge in [-0.3, -0.25) is 9.59 Å². The first-order valence-corrected chi connectivity index (χ1v) is 8.79. The first-order chi connectivity index (χ1) is 14.0. The standard InChI is InChI=1S/C23H20N2O4/c1-3-15-24-21(26)16-20(23(28)29-2)25-22(27)19-13-11-18(12-14-19)10-9-17-7-5-4-6-8-17/h1,4-8,11-14,20H,15-16H2,2H3,(H,24,26)(H,25,27)/t20-/m0/s1. The maximum atomic E-state index is 12.4. The Balaban J connectivity index is 2.04. The number of esters is 1. The van der Waals surface area contributed by atoms with Gasteiger partial charge in [-0.25, -0.2) is 4.79 Å². The lowest BCUT2D eigenvalue weighted by atomic mass is 10.1. The fourth-order valence-electron chi connectivity index (χ4n) is 2.36. The SMILES string of the molecule is C#CCNC(=O)C[C@H](NC(=O)c1ccc(C#Cc2ccccc2)cc1)C(=O)OC. The van der Waals surface area contributed by atoms with Crippen molar-refractivity contribution >= 4 is 17.8 Å². The molecule has 0 saturated carbocycles. The van der Waals surface area contributed by atoms with E-state index >= 15 is 0 Å². The Hall–Kier alpha value is -4.03. The number of terminal acetylenes is 1. The van der Waals surface area contributed by atoms with Crippen molar-refractivity contribution in [2.45, 2.75) is 12.5 Å². The summed E-state index contributed by atoms with van der Waals surface area (Å²) in [6.07, 6.45) is 4.80. The van der Waals surface area contributed by atoms with Crippen LogP contribution in [0.15, 0.2) is 54.6 Å². The maximum absolute atomic E-state index is 12.4. The smallest absolute Gasteiger partial charge is 0.328 e. The van der Waals surface area contributed by atoms with Crippen molar-refractivity contribution in [1.82, 2.24) is 10.6 Å². The quantitative estimate of drug-likeness (QED) is 0.580. The molecule has 0 heterocycles. The molecule has 0 unspecified atom stereocenters. The largest absolute Gasteiger partial charge is 0.467 e. The van der Waals surface area contributed by atoms with Crippen LogP contribution in [-0.4, -0.2) is 37.5 Å². The first-order valence-electron chi connectivity index (χ1n) is 8.79. The Bertz CT molecular complexity index is 964. The van der Waals surface area contributed by atoms with Crippen LogP contribution in [0.5, 0.6) is 0 Å². The lowest BCUT2D eigenvalue weighted by Crippen LogP contribution is -2.44. The number of amides is 2. The molecule has 146 valence electrons. The van der Waals surface area contributed by atoms with Gasteiger partial charge in [0.1, 0.15) is 6.04 Å². The average Bonchev–Trinajstić information content (AvgIpc) is 2.76. The topological polar surface area (TPSA) is 84.5 Å². The molecule has 0 aliphatic heterocycles. The molecule has 0 aliphatic rings. The van der Waals surface area contributed by atoms with E-state index in [1.54, 1.807) is 24.3 Å². The molecule has 6 nitrogen and oxygen atoms in total. The van der Waals surface area contributed by atoms with Crippen molar-refractivity contribution in [2.24, 2.45) is 0 Å². The number of nitrogens with one attached hydrogen (secondary N) is 2. The van der Waals surface area contributed by atoms with Crippen LogP contribution in [0.4, 0.5) is 0 Å². The van der Waals surface area contributed by atoms with Crippen molar-refractivity contribution in [3.05, 3.63) is 71.3 Å². The summed E-state index contributed by atoms with van der Waals surface area (Å²) in [5.41, 5.74) is 1.95. The van der Waals surface area contributed by atoms with Crippen LogP contribution in [-0.2, 0) is 14.3 Å². The summed E-state index contributed by atoms with van der Waals surface area (Å²) in [7, 11) is 1.18. The zero-order valence-electron chi connectivity index (χ0n) is 15.9. The number of hydrogen-bond acceptors (Lipinski definition) is 4. The summed E-state index contributed by atoms with van der Waals surface area (Å²) in [5.74, 6) is 6.61. The summed E-state index contributed by atoms with van der Waals surface area (Å²) >= 11 is 0. The van der Waals surface area contributed by atoms with Crippen LogP contribution in [0.1, 0.15) is 27.9 Å². The molecule has 0 fully saturated rings. The van der Waals surface area contributed by atoms with Gasteiger partial charge in [0.05, 0.1) is 20.1 Å². The number of ether oxygens (including phenoxy) is 1. The first kappa shape index (κ1) is 21.3. The highest BCUT2D eigenvalue weighted by atomic mass is 16.5. The molecular weight excluding hydrogens is 368 g/mol. The minimum absolute atomic E-state index is 0.0339. The van der Waals surface area contributed by atoms with Gasteiger partial charge in [0.2, 0.25) is 5.91 Å². The van der Waals surface area contributed by atoms with E-state index in [1.165, 1.54) is 7.11 Å². The van der Waals surface area contributed by atoms with E-state index in [9.17, 15) is 14.4 Å². The van der Waals surface area contributed by atoms with Gasteiger partial charge in [-0.15, -0.1) is 6.42 Å². The molecule has 1 atom stereocenters. The highest BCUT2D eigenvalue weighted by Gasteiger charge is 2.25. The lowest BCUT2D eigenvalue weighted by molar-refractivity contribution is -0.144. The summed E-state index contributed by atoms with van der Waals surface area (Å²) in [4.78, 5) is 36.1. The van der Waals surface area contributed by atoms with Gasteiger partial charge in [0.15, 0.2) is 0 Å². The molecule has 6 heteroatoms. The Morgan fingerprint density at radius 3 is 2.21 bits per heavy atom. The van der Waals surface area contributed by atoms with Crippen molar-refractivity contribution in [3.63, 3.8) is 0 Å². The van der Waals surface area contributed by atoms with Crippen LogP contribution >= 0.6 is 0 Å². The highest BCUT2D eigenvalue weighted by molar-refractivity contribution is 5.98. The number of carbonyl (C=O) groups is 3. The van der Waals surface area contributed by atoms with Crippen molar-refractivity contribution in [3.8, 4) is 24.2 Å². The Kier molecular flexibility index (Phi) is 8.04. The third-order valence-corrected chi connectivity index (χ3v) is 3.84. The average molecular weight is 388 g/mol. The number of carbonyl (C=O) groups excluding carboxylic acids is 3. The number of benzene rings is 2. The number of methoxy groups -OCH3 is 1. The molecule has 0 aliphatic carbocycles. The van der Waals surface area contributed by atoms with E-state index in [0.717, 1.165) is 11.1 Å². The van der Waals surface area contributed by atoms with Crippen molar-refractivity contribution in [1.29, 1.82) is 0 Å². The van der Waals surface area contributed by atoms with Gasteiger partial charge in [0.25, 0.3) is 5.91 Å². The van der Waals surface area contributed by atoms with Crippen LogP contribution in [0.25, 0.3) is 0 Å². The molecule has 2 aromatic carbocycles. The second-order valence-electron chi connectivity index (χ2n) is 5.93. The Morgan fingerprint density at radius 2 is 1.62 bits per heavy atom. The fourth-order valence-corrected chi connectivity index (χ4v) is 2.36. The molecule has 0 bridgehead atoms. The molecule has 2 amide bonds. The third-order valence-electron chi connectivity index (χ3n) is 3.84. The fraction of sp³-hybridized carbons (Fsp3) is 0.174. The minimum atomic E-state index is -1.12. The van der Waals surface area contributed by atoms with E-state index in [-0.39, 0.29) is 13.0 Å². The van der Waals surface area contributed by atoms with Crippen LogP contribution in [0.3, 0.4) is 0 Å². The normalized spacial score (nSPS) is 10.5. The summed E-state index contributed by atoms with van der Waals surface area (Å²) < 4.78 is 4.66. The van der Waals surface area contributed by atoms with E-state index in [2.05, 4.69) is 33.1 Å². The van der Waals surface area contributed by atoms with Crippen LogP contribution in [0, 0.1) is 24.2 Å². The molecule has 0 aromatic heterocycles. The predicted molar refractivity (Wildman–Crippen MR) is 109 cm³/mol. The molecule has 2 rings (SSSR count). The maximum Gasteiger partial charge on any atom is 0.328 e. The van der Waals surface area contributed by atoms with E-state index in [1.807, 2.05) is 30.3 Å². The molecule has 0 spiro atoms. The minimum Gasteiger partial charge on any atom is -0.467 e. The number of rotatable bonds is 6. The molecule has 0 saturated heterocycles. The third kappa shape index (κ3) is 6.89. The van der Waals surface area contributed by atoms with Crippen molar-refractivity contribution in [2.75, 3.05) is 13.7 Å². The lowest BCUT2D eigenvalue weighted by Gasteiger charge is -2.16. The van der Waals surface area contributed by atoms with Gasteiger partial charge in [-0.1, -0.05) is 36.0 Å². The van der Waals surface area contributed by atoms with E-state index in [4.69, 9.17) is 6.42 Å². The highest BCUT2D eigenvalue weighted by Crippen LogP contribution is 2.06. The van der Waals surface area contributed by atoms with Gasteiger partial charge < -0.3 is 15.4 Å². The van der Waals surface area contributed by atoms with E-state index < -0.39 is 23.8 Å². The van der Waals surface area contributed by atoms with Gasteiger partial charge in [0, 0.05) is 16.7 Å².